The summed E-state index contributed by atoms with van der Waals surface area (Å²) in [6.07, 6.45) is 1.48. The monoisotopic (exact) mass is 636 g/mol. The number of methoxy groups -OCH3 is 1. The number of benzene rings is 4. The minimum absolute atomic E-state index is 0.0791. The van der Waals surface area contributed by atoms with Crippen LogP contribution in [0.1, 0.15) is 16.7 Å². The summed E-state index contributed by atoms with van der Waals surface area (Å²) in [6.45, 7) is 0.662. The van der Waals surface area contributed by atoms with Gasteiger partial charge in [0.1, 0.15) is 30.6 Å². The average Bonchev–Trinajstić information content (AvgIpc) is 2.95. The van der Waals surface area contributed by atoms with Crippen LogP contribution >= 0.6 is 39.1 Å². The highest BCUT2D eigenvalue weighted by Gasteiger charge is 2.15. The molecule has 0 heterocycles. The van der Waals surface area contributed by atoms with Crippen LogP contribution in [0.2, 0.25) is 10.0 Å². The Bertz CT molecular complexity index is 1570. The number of nitrogens with zero attached hydrogens (tertiary/aromatic N) is 1. The molecule has 0 saturated heterocycles. The molecular weight excluding hydrogens is 615 g/mol. The van der Waals surface area contributed by atoms with Crippen LogP contribution in [0.25, 0.3) is 6.08 Å². The maximum Gasteiger partial charge on any atom is 0.266 e. The van der Waals surface area contributed by atoms with Crippen molar-refractivity contribution in [3.63, 3.8) is 0 Å². The van der Waals surface area contributed by atoms with Crippen molar-refractivity contribution in [2.45, 2.75) is 13.2 Å². The Morgan fingerprint density at radius 2 is 1.65 bits per heavy atom. The number of hydrogen-bond acceptors (Lipinski definition) is 5. The second kappa shape index (κ2) is 13.9. The zero-order valence-electron chi connectivity index (χ0n) is 21.3. The molecule has 0 bridgehead atoms. The van der Waals surface area contributed by atoms with Gasteiger partial charge in [-0.1, -0.05) is 47.5 Å². The average molecular weight is 638 g/mol. The number of ether oxygens (including phenoxy) is 3. The summed E-state index contributed by atoms with van der Waals surface area (Å²) in [6, 6.07) is 27.0. The molecule has 4 aromatic rings. The number of rotatable bonds is 10. The van der Waals surface area contributed by atoms with Crippen molar-refractivity contribution in [3.8, 4) is 23.3 Å². The van der Waals surface area contributed by atoms with Gasteiger partial charge in [0.15, 0.2) is 11.5 Å². The Hall–Kier alpha value is -3.96. The van der Waals surface area contributed by atoms with Gasteiger partial charge in [0.25, 0.3) is 5.91 Å². The van der Waals surface area contributed by atoms with Gasteiger partial charge in [0.05, 0.1) is 11.6 Å². The maximum atomic E-state index is 12.8. The minimum atomic E-state index is -0.547. The summed E-state index contributed by atoms with van der Waals surface area (Å²) in [5, 5.41) is 13.7. The van der Waals surface area contributed by atoms with E-state index in [9.17, 15) is 10.1 Å². The molecule has 0 atom stereocenters. The summed E-state index contributed by atoms with van der Waals surface area (Å²) in [7, 11) is 1.52. The van der Waals surface area contributed by atoms with Crippen molar-refractivity contribution in [3.05, 3.63) is 122 Å². The Balaban J connectivity index is 1.41. The van der Waals surface area contributed by atoms with E-state index in [1.165, 1.54) is 13.2 Å². The van der Waals surface area contributed by atoms with Gasteiger partial charge < -0.3 is 19.5 Å². The molecule has 6 nitrogen and oxygen atoms in total. The molecule has 0 radical (unpaired) electrons. The van der Waals surface area contributed by atoms with E-state index in [0.29, 0.717) is 49.6 Å². The molecule has 0 fully saturated rings. The molecule has 40 heavy (non-hydrogen) atoms. The minimum Gasteiger partial charge on any atom is -0.493 e. The first kappa shape index (κ1) is 29.0. The van der Waals surface area contributed by atoms with Crippen LogP contribution in [0.15, 0.2) is 95.0 Å². The molecule has 9 heteroatoms. The molecule has 1 N–H and O–H groups in total. The molecule has 0 aliphatic carbocycles. The highest BCUT2D eigenvalue weighted by molar-refractivity contribution is 9.10. The topological polar surface area (TPSA) is 80.6 Å². The van der Waals surface area contributed by atoms with E-state index >= 15 is 0 Å². The van der Waals surface area contributed by atoms with Crippen LogP contribution in [-0.4, -0.2) is 13.0 Å². The van der Waals surface area contributed by atoms with E-state index in [2.05, 4.69) is 21.2 Å². The fraction of sp³-hybridized carbons (Fsp3) is 0.0968. The zero-order chi connectivity index (χ0) is 28.5. The predicted octanol–water partition coefficient (Wildman–Crippen LogP) is 8.47. The number of nitrogens with one attached hydrogen (secondary N) is 1. The van der Waals surface area contributed by atoms with Crippen molar-refractivity contribution in [1.82, 2.24) is 0 Å². The van der Waals surface area contributed by atoms with Crippen molar-refractivity contribution in [2.75, 3.05) is 12.4 Å². The molecule has 0 aliphatic rings. The molecule has 0 saturated carbocycles. The molecule has 4 rings (SSSR count). The van der Waals surface area contributed by atoms with Crippen molar-refractivity contribution < 1.29 is 19.0 Å². The second-order valence-corrected chi connectivity index (χ2v) is 10.2. The van der Waals surface area contributed by atoms with E-state index in [4.69, 9.17) is 37.4 Å². The Morgan fingerprint density at radius 1 is 0.925 bits per heavy atom. The zero-order valence-corrected chi connectivity index (χ0v) is 24.4. The number of carbonyl (C=O) groups excluding carboxylic acids is 1. The van der Waals surface area contributed by atoms with Gasteiger partial charge in [-0.05, 0) is 99.4 Å². The van der Waals surface area contributed by atoms with Gasteiger partial charge in [-0.15, -0.1) is 0 Å². The molecule has 0 spiro atoms. The molecule has 0 aromatic heterocycles. The van der Waals surface area contributed by atoms with E-state index in [0.717, 1.165) is 11.1 Å². The lowest BCUT2D eigenvalue weighted by atomic mass is 10.1. The third-order valence-electron chi connectivity index (χ3n) is 5.63. The van der Waals surface area contributed by atoms with Crippen LogP contribution in [0, 0.1) is 11.3 Å². The first-order valence-corrected chi connectivity index (χ1v) is 13.5. The lowest BCUT2D eigenvalue weighted by molar-refractivity contribution is -0.112. The van der Waals surface area contributed by atoms with Crippen LogP contribution in [0.3, 0.4) is 0 Å². The van der Waals surface area contributed by atoms with Gasteiger partial charge in [0.2, 0.25) is 0 Å². The SMILES string of the molecule is COc1cc(/C=C(\C#N)C(=O)Nc2ccc(OCc3ccc(Cl)cc3)cc2)cc(Br)c1OCc1cccc(Cl)c1. The first-order valence-electron chi connectivity index (χ1n) is 12.0. The summed E-state index contributed by atoms with van der Waals surface area (Å²) in [4.78, 5) is 12.8. The summed E-state index contributed by atoms with van der Waals surface area (Å²) < 4.78 is 17.8. The highest BCUT2D eigenvalue weighted by atomic mass is 79.9. The van der Waals surface area contributed by atoms with Gasteiger partial charge in [-0.25, -0.2) is 0 Å². The molecule has 202 valence electrons. The van der Waals surface area contributed by atoms with Gasteiger partial charge in [-0.3, -0.25) is 4.79 Å². The van der Waals surface area contributed by atoms with Crippen LogP contribution < -0.4 is 19.5 Å². The fourth-order valence-electron chi connectivity index (χ4n) is 3.64. The number of anilines is 1. The fourth-order valence-corrected chi connectivity index (χ4v) is 4.55. The lowest BCUT2D eigenvalue weighted by Gasteiger charge is -2.14. The van der Waals surface area contributed by atoms with Crippen molar-refractivity contribution in [1.29, 1.82) is 5.26 Å². The molecule has 1 amide bonds. The summed E-state index contributed by atoms with van der Waals surface area (Å²) >= 11 is 15.5. The van der Waals surface area contributed by atoms with Crippen molar-refractivity contribution in [2.24, 2.45) is 0 Å². The smallest absolute Gasteiger partial charge is 0.266 e. The summed E-state index contributed by atoms with van der Waals surface area (Å²) in [5.74, 6) is 1.02. The highest BCUT2D eigenvalue weighted by Crippen LogP contribution is 2.38. The summed E-state index contributed by atoms with van der Waals surface area (Å²) in [5.41, 5.74) is 2.90. The standard InChI is InChI=1S/C31H23BrCl2N2O4/c1-38-29-16-22(15-28(32)30(29)40-19-21-3-2-4-25(34)14-21)13-23(17-35)31(37)36-26-9-11-27(12-10-26)39-18-20-5-7-24(33)8-6-20/h2-16H,18-19H2,1H3,(H,36,37)/b23-13+. The predicted molar refractivity (Wildman–Crippen MR) is 161 cm³/mol. The number of carbonyl (C=O) groups is 1. The van der Waals surface area contributed by atoms with Crippen molar-refractivity contribution >= 4 is 56.8 Å². The van der Waals surface area contributed by atoms with Crippen LogP contribution in [0.5, 0.6) is 17.2 Å². The third-order valence-corrected chi connectivity index (χ3v) is 6.71. The van der Waals surface area contributed by atoms with Crippen LogP contribution in [0.4, 0.5) is 5.69 Å². The van der Waals surface area contributed by atoms with E-state index in [1.54, 1.807) is 54.6 Å². The lowest BCUT2D eigenvalue weighted by Crippen LogP contribution is -2.13. The normalized spacial score (nSPS) is 10.9. The Morgan fingerprint density at radius 3 is 2.33 bits per heavy atom. The van der Waals surface area contributed by atoms with Gasteiger partial charge >= 0.3 is 0 Å². The number of nitriles is 1. The molecule has 4 aromatic carbocycles. The van der Waals surface area contributed by atoms with Gasteiger partial charge in [-0.2, -0.15) is 5.26 Å². The largest absolute Gasteiger partial charge is 0.493 e. The van der Waals surface area contributed by atoms with Gasteiger partial charge in [0, 0.05) is 15.7 Å². The molecule has 0 aliphatic heterocycles. The van der Waals surface area contributed by atoms with E-state index in [-0.39, 0.29) is 12.2 Å². The second-order valence-electron chi connectivity index (χ2n) is 8.52. The first-order chi connectivity index (χ1) is 19.3. The Labute approximate surface area is 250 Å². The number of amides is 1. The number of hydrogen-bond donors (Lipinski definition) is 1. The van der Waals surface area contributed by atoms with E-state index in [1.807, 2.05) is 36.4 Å². The van der Waals surface area contributed by atoms with E-state index < -0.39 is 5.91 Å². The maximum absolute atomic E-state index is 12.8. The Kier molecular flexibility index (Phi) is 10.1. The number of halogens is 3. The quantitative estimate of drug-likeness (QED) is 0.139. The third kappa shape index (κ3) is 8.03. The molecule has 0 unspecified atom stereocenters. The molecular formula is C31H23BrCl2N2O4. The van der Waals surface area contributed by atoms with Crippen LogP contribution in [-0.2, 0) is 18.0 Å².